The third-order valence-corrected chi connectivity index (χ3v) is 6.91. The third kappa shape index (κ3) is 7.30. The van der Waals surface area contributed by atoms with Crippen molar-refractivity contribution in [2.45, 2.75) is 111 Å². The van der Waals surface area contributed by atoms with Gasteiger partial charge in [-0.3, -0.25) is 9.59 Å². The molecule has 188 valence electrons. The average Bonchev–Trinajstić information content (AvgIpc) is 2.65. The average molecular weight is 473 g/mol. The lowest BCUT2D eigenvalue weighted by atomic mass is 9.67. The lowest BCUT2D eigenvalue weighted by molar-refractivity contribution is -0.294. The molecule has 1 unspecified atom stereocenters. The third-order valence-electron chi connectivity index (χ3n) is 6.91. The first kappa shape index (κ1) is 28.6. The minimum absolute atomic E-state index is 0.0705. The number of ether oxygens (including phenoxy) is 2. The first-order valence-corrected chi connectivity index (χ1v) is 11.2. The Balaban J connectivity index is 3.01. The molecule has 32 heavy (non-hydrogen) atoms. The Bertz CT molecular complexity index is 651. The van der Waals surface area contributed by atoms with E-state index in [0.717, 1.165) is 12.8 Å². The smallest absolute Gasteiger partial charge is 0.456 e. The summed E-state index contributed by atoms with van der Waals surface area (Å²) in [6, 6.07) is 0. The Hall–Kier alpha value is -1.41. The van der Waals surface area contributed by atoms with Crippen LogP contribution in [-0.4, -0.2) is 36.2 Å². The molecule has 1 saturated carbocycles. The van der Waals surface area contributed by atoms with Crippen LogP contribution in [-0.2, 0) is 19.1 Å². The number of carbonyl (C=O) groups is 2. The van der Waals surface area contributed by atoms with Crippen molar-refractivity contribution in [3.05, 3.63) is 0 Å². The number of alkyl halides is 5. The molecule has 1 aliphatic rings. The summed E-state index contributed by atoms with van der Waals surface area (Å²) in [4.78, 5) is 25.6. The van der Waals surface area contributed by atoms with Gasteiger partial charge in [-0.1, -0.05) is 47.5 Å². The molecule has 0 bridgehead atoms. The zero-order valence-corrected chi connectivity index (χ0v) is 20.0. The van der Waals surface area contributed by atoms with Gasteiger partial charge < -0.3 is 9.47 Å². The maximum Gasteiger partial charge on any atom is 0.456 e. The van der Waals surface area contributed by atoms with Gasteiger partial charge in [0.25, 0.3) is 0 Å². The van der Waals surface area contributed by atoms with Gasteiger partial charge in [0.2, 0.25) is 0 Å². The molecule has 0 N–H and O–H groups in total. The van der Waals surface area contributed by atoms with Crippen molar-refractivity contribution in [1.29, 1.82) is 0 Å². The number of hydrogen-bond donors (Lipinski definition) is 0. The molecule has 0 amide bonds. The van der Waals surface area contributed by atoms with E-state index in [-0.39, 0.29) is 11.3 Å². The van der Waals surface area contributed by atoms with Gasteiger partial charge in [-0.15, -0.1) is 0 Å². The van der Waals surface area contributed by atoms with E-state index < -0.39 is 48.1 Å². The number of carbonyl (C=O) groups excluding carboxylic acids is 2. The molecule has 0 aromatic carbocycles. The molecule has 0 saturated heterocycles. The minimum atomic E-state index is -5.81. The highest BCUT2D eigenvalue weighted by Gasteiger charge is 2.58. The van der Waals surface area contributed by atoms with E-state index in [4.69, 9.17) is 4.74 Å². The lowest BCUT2D eigenvalue weighted by Crippen LogP contribution is -2.47. The maximum absolute atomic E-state index is 13.4. The fourth-order valence-electron chi connectivity index (χ4n) is 4.02. The summed E-state index contributed by atoms with van der Waals surface area (Å²) in [5.41, 5.74) is -2.25. The first-order chi connectivity index (χ1) is 14.4. The molecule has 1 rings (SSSR count). The van der Waals surface area contributed by atoms with Crippen LogP contribution in [0.3, 0.4) is 0 Å². The molecule has 4 nitrogen and oxygen atoms in total. The Labute approximate surface area is 187 Å². The Morgan fingerprint density at radius 2 is 1.50 bits per heavy atom. The van der Waals surface area contributed by atoms with Gasteiger partial charge in [0.05, 0.1) is 11.8 Å². The van der Waals surface area contributed by atoms with E-state index in [9.17, 15) is 31.5 Å². The second kappa shape index (κ2) is 10.2. The normalized spacial score (nSPS) is 19.4. The van der Waals surface area contributed by atoms with E-state index in [0.29, 0.717) is 32.1 Å². The number of rotatable bonds is 10. The standard InChI is InChI=1S/C23H37F5O4/c1-7-19(4,5)14-20(6,16(2)3)18(30)32-21(11-9-8-10-12-21)13-17(29)31-15-22(24,25)23(26,27)28/h16H,7-15H2,1-6H3. The van der Waals surface area contributed by atoms with E-state index in [1.165, 1.54) is 0 Å². The van der Waals surface area contributed by atoms with Crippen LogP contribution >= 0.6 is 0 Å². The van der Waals surface area contributed by atoms with Crippen LogP contribution in [0, 0.1) is 16.7 Å². The summed E-state index contributed by atoms with van der Waals surface area (Å²) in [6.45, 7) is 9.68. The molecule has 1 fully saturated rings. The zero-order valence-electron chi connectivity index (χ0n) is 20.0. The van der Waals surface area contributed by atoms with Gasteiger partial charge in [0, 0.05) is 0 Å². The molecule has 0 heterocycles. The van der Waals surface area contributed by atoms with Gasteiger partial charge in [0.15, 0.2) is 6.61 Å². The van der Waals surface area contributed by atoms with Gasteiger partial charge in [0.1, 0.15) is 5.60 Å². The van der Waals surface area contributed by atoms with Crippen molar-refractivity contribution in [2.75, 3.05) is 6.61 Å². The van der Waals surface area contributed by atoms with Gasteiger partial charge in [-0.2, -0.15) is 22.0 Å². The van der Waals surface area contributed by atoms with Gasteiger partial charge in [-0.05, 0) is 50.4 Å². The SMILES string of the molecule is CCC(C)(C)CC(C)(C(=O)OC1(CC(=O)OCC(F)(F)C(F)(F)F)CCCCC1)C(C)C. The van der Waals surface area contributed by atoms with Crippen molar-refractivity contribution in [3.8, 4) is 0 Å². The first-order valence-electron chi connectivity index (χ1n) is 11.2. The van der Waals surface area contributed by atoms with Crippen LogP contribution in [0.25, 0.3) is 0 Å². The summed E-state index contributed by atoms with van der Waals surface area (Å²) in [5.74, 6) is -6.92. The zero-order chi connectivity index (χ0) is 25.0. The Morgan fingerprint density at radius 3 is 1.94 bits per heavy atom. The van der Waals surface area contributed by atoms with E-state index in [1.807, 2.05) is 27.7 Å². The summed E-state index contributed by atoms with van der Waals surface area (Å²) >= 11 is 0. The molecule has 0 radical (unpaired) electrons. The molecule has 0 aromatic heterocycles. The number of halogens is 5. The predicted molar refractivity (Wildman–Crippen MR) is 110 cm³/mol. The van der Waals surface area contributed by atoms with Crippen LogP contribution < -0.4 is 0 Å². The molecular formula is C23H37F5O4. The van der Waals surface area contributed by atoms with Crippen molar-refractivity contribution in [3.63, 3.8) is 0 Å². The Morgan fingerprint density at radius 1 is 0.969 bits per heavy atom. The second-order valence-corrected chi connectivity index (χ2v) is 10.4. The summed E-state index contributed by atoms with van der Waals surface area (Å²) < 4.78 is 73.5. The second-order valence-electron chi connectivity index (χ2n) is 10.4. The molecule has 0 aliphatic heterocycles. The topological polar surface area (TPSA) is 52.6 Å². The Kier molecular flexibility index (Phi) is 9.16. The number of hydrogen-bond acceptors (Lipinski definition) is 4. The van der Waals surface area contributed by atoms with Crippen molar-refractivity contribution in [1.82, 2.24) is 0 Å². The quantitative estimate of drug-likeness (QED) is 0.258. The molecule has 0 aromatic rings. The molecule has 0 spiro atoms. The fourth-order valence-corrected chi connectivity index (χ4v) is 4.02. The highest BCUT2D eigenvalue weighted by atomic mass is 19.4. The van der Waals surface area contributed by atoms with Gasteiger partial charge in [-0.25, -0.2) is 0 Å². The summed E-state index contributed by atoms with van der Waals surface area (Å²) in [5, 5.41) is 0. The van der Waals surface area contributed by atoms with E-state index in [2.05, 4.69) is 18.6 Å². The molecular weight excluding hydrogens is 435 g/mol. The highest BCUT2D eigenvalue weighted by molar-refractivity contribution is 5.78. The van der Waals surface area contributed by atoms with Crippen LogP contribution in [0.5, 0.6) is 0 Å². The monoisotopic (exact) mass is 472 g/mol. The summed E-state index contributed by atoms with van der Waals surface area (Å²) in [7, 11) is 0. The highest BCUT2D eigenvalue weighted by Crippen LogP contribution is 2.45. The van der Waals surface area contributed by atoms with Crippen LogP contribution in [0.4, 0.5) is 22.0 Å². The van der Waals surface area contributed by atoms with Crippen molar-refractivity contribution >= 4 is 11.9 Å². The van der Waals surface area contributed by atoms with Crippen molar-refractivity contribution < 1.29 is 41.0 Å². The van der Waals surface area contributed by atoms with Crippen LogP contribution in [0.2, 0.25) is 0 Å². The van der Waals surface area contributed by atoms with E-state index in [1.54, 1.807) is 0 Å². The molecule has 1 aliphatic carbocycles. The molecule has 1 atom stereocenters. The largest absolute Gasteiger partial charge is 0.459 e. The maximum atomic E-state index is 13.4. The fraction of sp³-hybridized carbons (Fsp3) is 0.913. The summed E-state index contributed by atoms with van der Waals surface area (Å²) in [6.07, 6.45) is -2.16. The predicted octanol–water partition coefficient (Wildman–Crippen LogP) is 6.85. The number of esters is 2. The molecule has 9 heteroatoms. The van der Waals surface area contributed by atoms with Crippen LogP contribution in [0.15, 0.2) is 0 Å². The van der Waals surface area contributed by atoms with Crippen LogP contribution in [0.1, 0.15) is 92.9 Å². The minimum Gasteiger partial charge on any atom is -0.459 e. The van der Waals surface area contributed by atoms with Gasteiger partial charge >= 0.3 is 24.0 Å². The van der Waals surface area contributed by atoms with Crippen molar-refractivity contribution in [2.24, 2.45) is 16.7 Å². The lowest BCUT2D eigenvalue weighted by Gasteiger charge is -2.43. The van der Waals surface area contributed by atoms with E-state index >= 15 is 0 Å².